The zero-order valence-corrected chi connectivity index (χ0v) is 15.6. The Morgan fingerprint density at radius 3 is 2.58 bits per heavy atom. The van der Waals surface area contributed by atoms with Crippen LogP contribution in [0.2, 0.25) is 0 Å². The van der Waals surface area contributed by atoms with Gasteiger partial charge in [0.25, 0.3) is 5.91 Å². The van der Waals surface area contributed by atoms with Crippen LogP contribution in [0.15, 0.2) is 46.9 Å². The smallest absolute Gasteiger partial charge is 0.279 e. The highest BCUT2D eigenvalue weighted by atomic mass is 79.9. The van der Waals surface area contributed by atoms with Crippen molar-refractivity contribution in [2.45, 2.75) is 6.54 Å². The third-order valence-corrected chi connectivity index (χ3v) is 4.04. The molecule has 24 heavy (non-hydrogen) atoms. The zero-order valence-electron chi connectivity index (χ0n) is 14.1. The van der Waals surface area contributed by atoms with Gasteiger partial charge in [-0.3, -0.25) is 4.79 Å². The molecular weight excluding hydrogens is 372 g/mol. The van der Waals surface area contributed by atoms with E-state index in [1.807, 2.05) is 49.5 Å². The number of halogens is 1. The molecule has 2 N–H and O–H groups in total. The second kappa shape index (κ2) is 8.70. The Bertz CT molecular complexity index is 706. The van der Waals surface area contributed by atoms with Crippen LogP contribution < -0.4 is 19.7 Å². The van der Waals surface area contributed by atoms with Gasteiger partial charge in [-0.15, -0.1) is 0 Å². The Morgan fingerprint density at radius 2 is 1.92 bits per heavy atom. The molecule has 0 aliphatic rings. The maximum Gasteiger partial charge on any atom is 0.279 e. The summed E-state index contributed by atoms with van der Waals surface area (Å²) < 4.78 is 11.7. The normalized spacial score (nSPS) is 11.7. The average Bonchev–Trinajstić information content (AvgIpc) is 2.54. The lowest BCUT2D eigenvalue weighted by atomic mass is 10.1. The molecule has 128 valence electrons. The van der Waals surface area contributed by atoms with E-state index in [4.69, 9.17) is 9.47 Å². The van der Waals surface area contributed by atoms with E-state index in [-0.39, 0.29) is 5.91 Å². The van der Waals surface area contributed by atoms with E-state index >= 15 is 0 Å². The topological polar surface area (TPSA) is 52.0 Å². The molecule has 0 fully saturated rings. The molecule has 0 saturated carbocycles. The molecule has 0 heterocycles. The van der Waals surface area contributed by atoms with E-state index in [1.54, 1.807) is 14.2 Å². The maximum atomic E-state index is 12.2. The summed E-state index contributed by atoms with van der Waals surface area (Å²) in [6.45, 7) is 1.01. The summed E-state index contributed by atoms with van der Waals surface area (Å²) in [5, 5.41) is 2.90. The SMILES string of the molecule is COc1cccc(C[NH+](C)CC(=O)Nc2cccc(Br)c2)c1OC. The lowest BCUT2D eigenvalue weighted by molar-refractivity contribution is -0.885. The number of likely N-dealkylation sites (N-methyl/N-ethyl adjacent to an activating group) is 1. The number of methoxy groups -OCH3 is 2. The average molecular weight is 394 g/mol. The van der Waals surface area contributed by atoms with Crippen LogP contribution >= 0.6 is 15.9 Å². The Balaban J connectivity index is 1.98. The fourth-order valence-corrected chi connectivity index (χ4v) is 2.93. The third kappa shape index (κ3) is 4.97. The molecule has 5 nitrogen and oxygen atoms in total. The van der Waals surface area contributed by atoms with Crippen LogP contribution in [0.3, 0.4) is 0 Å². The summed E-state index contributed by atoms with van der Waals surface area (Å²) >= 11 is 3.39. The molecule has 0 spiro atoms. The molecule has 1 atom stereocenters. The molecule has 1 amide bonds. The molecular formula is C18H22BrN2O3+. The maximum absolute atomic E-state index is 12.2. The number of nitrogens with one attached hydrogen (secondary N) is 2. The molecule has 2 aromatic rings. The molecule has 0 aromatic heterocycles. The van der Waals surface area contributed by atoms with Crippen molar-refractivity contribution in [3.05, 3.63) is 52.5 Å². The number of hydrogen-bond acceptors (Lipinski definition) is 3. The number of benzene rings is 2. The van der Waals surface area contributed by atoms with Crippen LogP contribution in [-0.2, 0) is 11.3 Å². The number of ether oxygens (including phenoxy) is 2. The molecule has 0 aliphatic carbocycles. The molecule has 0 aliphatic heterocycles. The minimum atomic E-state index is -0.0348. The van der Waals surface area contributed by atoms with Gasteiger partial charge in [0.15, 0.2) is 18.0 Å². The van der Waals surface area contributed by atoms with E-state index < -0.39 is 0 Å². The Hall–Kier alpha value is -2.05. The predicted molar refractivity (Wildman–Crippen MR) is 97.8 cm³/mol. The highest BCUT2D eigenvalue weighted by Crippen LogP contribution is 2.30. The number of carbonyl (C=O) groups excluding carboxylic acids is 1. The van der Waals surface area contributed by atoms with Gasteiger partial charge in [-0.2, -0.15) is 0 Å². The van der Waals surface area contributed by atoms with Gasteiger partial charge in [-0.25, -0.2) is 0 Å². The van der Waals surface area contributed by atoms with Crippen LogP contribution in [0.25, 0.3) is 0 Å². The lowest BCUT2D eigenvalue weighted by Crippen LogP contribution is -3.08. The second-order valence-corrected chi connectivity index (χ2v) is 6.44. The molecule has 1 unspecified atom stereocenters. The van der Waals surface area contributed by atoms with Crippen molar-refractivity contribution in [1.82, 2.24) is 0 Å². The zero-order chi connectivity index (χ0) is 17.5. The minimum absolute atomic E-state index is 0.0348. The highest BCUT2D eigenvalue weighted by Gasteiger charge is 2.16. The first kappa shape index (κ1) is 18.3. The Kier molecular flexibility index (Phi) is 6.63. The van der Waals surface area contributed by atoms with Crippen molar-refractivity contribution < 1.29 is 19.2 Å². The summed E-state index contributed by atoms with van der Waals surface area (Å²) in [6.07, 6.45) is 0. The number of carbonyl (C=O) groups is 1. The van der Waals surface area contributed by atoms with Gasteiger partial charge in [0, 0.05) is 10.2 Å². The Morgan fingerprint density at radius 1 is 1.17 bits per heavy atom. The van der Waals surface area contributed by atoms with Gasteiger partial charge in [0.2, 0.25) is 0 Å². The van der Waals surface area contributed by atoms with Gasteiger partial charge in [-0.05, 0) is 30.3 Å². The van der Waals surface area contributed by atoms with Crippen LogP contribution in [0.1, 0.15) is 5.56 Å². The van der Waals surface area contributed by atoms with E-state index in [1.165, 1.54) is 0 Å². The quantitative estimate of drug-likeness (QED) is 0.757. The first-order valence-corrected chi connectivity index (χ1v) is 8.39. The van der Waals surface area contributed by atoms with Gasteiger partial charge in [-0.1, -0.05) is 28.1 Å². The van der Waals surface area contributed by atoms with Crippen molar-refractivity contribution in [3.63, 3.8) is 0 Å². The Labute approximate surface area is 150 Å². The van der Waals surface area contributed by atoms with Crippen LogP contribution in [0, 0.1) is 0 Å². The van der Waals surface area contributed by atoms with E-state index in [9.17, 15) is 4.79 Å². The van der Waals surface area contributed by atoms with Crippen LogP contribution in [-0.4, -0.2) is 33.7 Å². The van der Waals surface area contributed by atoms with Crippen molar-refractivity contribution in [2.75, 3.05) is 33.1 Å². The van der Waals surface area contributed by atoms with Crippen LogP contribution in [0.4, 0.5) is 5.69 Å². The first-order valence-electron chi connectivity index (χ1n) is 7.60. The van der Waals surface area contributed by atoms with Crippen molar-refractivity contribution >= 4 is 27.5 Å². The molecule has 0 saturated heterocycles. The van der Waals surface area contributed by atoms with Crippen molar-refractivity contribution in [3.8, 4) is 11.5 Å². The van der Waals surface area contributed by atoms with Gasteiger partial charge >= 0.3 is 0 Å². The highest BCUT2D eigenvalue weighted by molar-refractivity contribution is 9.10. The minimum Gasteiger partial charge on any atom is -0.493 e. The second-order valence-electron chi connectivity index (χ2n) is 5.52. The number of hydrogen-bond donors (Lipinski definition) is 2. The van der Waals surface area contributed by atoms with E-state index in [0.29, 0.717) is 24.6 Å². The summed E-state index contributed by atoms with van der Waals surface area (Å²) in [5.74, 6) is 1.38. The monoisotopic (exact) mass is 393 g/mol. The number of quaternary nitrogens is 1. The predicted octanol–water partition coefficient (Wildman–Crippen LogP) is 2.12. The summed E-state index contributed by atoms with van der Waals surface area (Å²) in [6, 6.07) is 13.3. The lowest BCUT2D eigenvalue weighted by Gasteiger charge is -2.17. The van der Waals surface area contributed by atoms with Gasteiger partial charge in [0.05, 0.1) is 26.8 Å². The molecule has 2 rings (SSSR count). The molecule has 0 radical (unpaired) electrons. The number of rotatable bonds is 7. The number of anilines is 1. The fraction of sp³-hybridized carbons (Fsp3) is 0.278. The van der Waals surface area contributed by atoms with Gasteiger partial charge in [0.1, 0.15) is 6.54 Å². The number of para-hydroxylation sites is 1. The molecule has 0 bridgehead atoms. The number of amides is 1. The van der Waals surface area contributed by atoms with Crippen molar-refractivity contribution in [2.24, 2.45) is 0 Å². The van der Waals surface area contributed by atoms with Gasteiger partial charge < -0.3 is 19.7 Å². The largest absolute Gasteiger partial charge is 0.493 e. The van der Waals surface area contributed by atoms with Crippen LogP contribution in [0.5, 0.6) is 11.5 Å². The standard InChI is InChI=1S/C18H21BrN2O3/c1-21(11-13-6-4-9-16(23-2)18(13)24-3)12-17(22)20-15-8-5-7-14(19)10-15/h4-10H,11-12H2,1-3H3,(H,20,22)/p+1. The van der Waals surface area contributed by atoms with E-state index in [0.717, 1.165) is 20.6 Å². The van der Waals surface area contributed by atoms with Crippen molar-refractivity contribution in [1.29, 1.82) is 0 Å². The first-order chi connectivity index (χ1) is 11.5. The fourth-order valence-electron chi connectivity index (χ4n) is 2.53. The molecule has 6 heteroatoms. The van der Waals surface area contributed by atoms with E-state index in [2.05, 4.69) is 21.2 Å². The molecule has 2 aromatic carbocycles. The summed E-state index contributed by atoms with van der Waals surface area (Å²) in [7, 11) is 5.21. The third-order valence-electron chi connectivity index (χ3n) is 3.55. The summed E-state index contributed by atoms with van der Waals surface area (Å²) in [4.78, 5) is 13.2. The summed E-state index contributed by atoms with van der Waals surface area (Å²) in [5.41, 5.74) is 1.78.